The highest BCUT2D eigenvalue weighted by Gasteiger charge is 2.14. The van der Waals surface area contributed by atoms with Crippen molar-refractivity contribution in [2.45, 2.75) is 19.4 Å². The first-order chi connectivity index (χ1) is 14.8. The molecule has 3 heteroatoms. The third kappa shape index (κ3) is 4.00. The van der Waals surface area contributed by atoms with E-state index in [-0.39, 0.29) is 0 Å². The number of aromatic nitrogens is 1. The molecule has 154 valence electrons. The van der Waals surface area contributed by atoms with Crippen molar-refractivity contribution in [3.63, 3.8) is 0 Å². The molecule has 0 unspecified atom stereocenters. The molecule has 1 fully saturated rings. The van der Waals surface area contributed by atoms with Crippen LogP contribution in [0.3, 0.4) is 0 Å². The summed E-state index contributed by atoms with van der Waals surface area (Å²) >= 11 is 0. The van der Waals surface area contributed by atoms with Gasteiger partial charge in [0, 0.05) is 54.5 Å². The number of fused-ring (bicyclic) bond motifs is 3. The van der Waals surface area contributed by atoms with Gasteiger partial charge in [-0.2, -0.15) is 0 Å². The Bertz CT molecular complexity index is 1120. The molecule has 0 radical (unpaired) electrons. The van der Waals surface area contributed by atoms with Crippen molar-refractivity contribution in [2.75, 3.05) is 39.8 Å². The zero-order valence-corrected chi connectivity index (χ0v) is 17.9. The van der Waals surface area contributed by atoms with Gasteiger partial charge >= 0.3 is 0 Å². The number of hydrogen-bond acceptors (Lipinski definition) is 2. The fraction of sp³-hybridized carbons (Fsp3) is 0.333. The smallest absolute Gasteiger partial charge is 0.0494 e. The molecule has 0 saturated carbocycles. The van der Waals surface area contributed by atoms with Crippen molar-refractivity contribution in [1.82, 2.24) is 14.4 Å². The van der Waals surface area contributed by atoms with Gasteiger partial charge in [-0.25, -0.2) is 0 Å². The number of likely N-dealkylation sites (N-methyl/N-ethyl adjacent to an activating group) is 1. The second-order valence-electron chi connectivity index (χ2n) is 8.69. The highest BCUT2D eigenvalue weighted by Crippen LogP contribution is 2.30. The van der Waals surface area contributed by atoms with Crippen LogP contribution in [-0.2, 0) is 13.0 Å². The number of piperazine rings is 1. The van der Waals surface area contributed by atoms with Crippen molar-refractivity contribution in [3.8, 4) is 0 Å². The van der Waals surface area contributed by atoms with Gasteiger partial charge in [0.2, 0.25) is 0 Å². The summed E-state index contributed by atoms with van der Waals surface area (Å²) in [5.74, 6) is 0. The molecule has 2 heterocycles. The first-order valence-electron chi connectivity index (χ1n) is 11.2. The Morgan fingerprint density at radius 1 is 0.700 bits per heavy atom. The van der Waals surface area contributed by atoms with Crippen LogP contribution in [0.5, 0.6) is 0 Å². The molecule has 1 aromatic heterocycles. The number of hydrogen-bond donors (Lipinski definition) is 0. The van der Waals surface area contributed by atoms with E-state index in [1.165, 1.54) is 72.1 Å². The topological polar surface area (TPSA) is 11.4 Å². The second kappa shape index (κ2) is 8.63. The Balaban J connectivity index is 1.38. The highest BCUT2D eigenvalue weighted by atomic mass is 15.2. The van der Waals surface area contributed by atoms with Crippen LogP contribution in [0.25, 0.3) is 21.8 Å². The van der Waals surface area contributed by atoms with Gasteiger partial charge in [0.1, 0.15) is 0 Å². The van der Waals surface area contributed by atoms with Gasteiger partial charge in [-0.1, -0.05) is 54.6 Å². The van der Waals surface area contributed by atoms with E-state index < -0.39 is 0 Å². The lowest BCUT2D eigenvalue weighted by Gasteiger charge is -2.32. The Labute approximate surface area is 179 Å². The van der Waals surface area contributed by atoms with E-state index >= 15 is 0 Å². The molecule has 5 rings (SSSR count). The quantitative estimate of drug-likeness (QED) is 0.452. The van der Waals surface area contributed by atoms with Crippen LogP contribution in [0.4, 0.5) is 0 Å². The molecule has 3 aromatic carbocycles. The summed E-state index contributed by atoms with van der Waals surface area (Å²) < 4.78 is 2.47. The molecule has 0 spiro atoms. The van der Waals surface area contributed by atoms with Crippen LogP contribution in [0, 0.1) is 0 Å². The van der Waals surface area contributed by atoms with E-state index in [2.05, 4.69) is 94.2 Å². The Hall–Kier alpha value is -2.62. The van der Waals surface area contributed by atoms with Crippen LogP contribution >= 0.6 is 0 Å². The number of para-hydroxylation sites is 1. The maximum Gasteiger partial charge on any atom is 0.0494 e. The summed E-state index contributed by atoms with van der Waals surface area (Å²) in [5, 5.41) is 2.75. The van der Waals surface area contributed by atoms with E-state index in [0.29, 0.717) is 0 Å². The summed E-state index contributed by atoms with van der Waals surface area (Å²) in [5.41, 5.74) is 5.46. The van der Waals surface area contributed by atoms with Gasteiger partial charge in [-0.3, -0.25) is 0 Å². The fourth-order valence-corrected chi connectivity index (χ4v) is 4.77. The van der Waals surface area contributed by atoms with E-state index in [1.807, 2.05) is 0 Å². The summed E-state index contributed by atoms with van der Waals surface area (Å²) in [6.45, 7) is 6.94. The number of benzene rings is 3. The normalized spacial score (nSPS) is 15.9. The standard InChI is InChI=1S/C27H31N3/c1-28-16-18-29(19-17-28)15-7-10-22-13-14-27-25(20-22)24-11-5-6-12-26(24)30(27)21-23-8-3-2-4-9-23/h2-6,8-9,11-14,20H,7,10,15-19,21H2,1H3. The molecule has 4 aromatic rings. The monoisotopic (exact) mass is 397 g/mol. The first-order valence-corrected chi connectivity index (χ1v) is 11.2. The molecule has 0 atom stereocenters. The Morgan fingerprint density at radius 3 is 2.27 bits per heavy atom. The minimum atomic E-state index is 0.910. The Morgan fingerprint density at radius 2 is 1.43 bits per heavy atom. The van der Waals surface area contributed by atoms with Crippen molar-refractivity contribution < 1.29 is 0 Å². The van der Waals surface area contributed by atoms with Gasteiger partial charge < -0.3 is 14.4 Å². The predicted octanol–water partition coefficient (Wildman–Crippen LogP) is 5.02. The third-order valence-corrected chi connectivity index (χ3v) is 6.56. The number of aryl methyl sites for hydroxylation is 1. The average molecular weight is 398 g/mol. The van der Waals surface area contributed by atoms with Crippen LogP contribution in [0.2, 0.25) is 0 Å². The maximum atomic E-state index is 2.62. The van der Waals surface area contributed by atoms with E-state index in [4.69, 9.17) is 0 Å². The summed E-state index contributed by atoms with van der Waals surface area (Å²) in [7, 11) is 2.22. The molecular weight excluding hydrogens is 366 g/mol. The molecule has 0 bridgehead atoms. The molecular formula is C27H31N3. The van der Waals surface area contributed by atoms with Crippen LogP contribution in [0.1, 0.15) is 17.5 Å². The van der Waals surface area contributed by atoms with Gasteiger partial charge in [-0.15, -0.1) is 0 Å². The molecule has 0 amide bonds. The molecule has 1 aliphatic heterocycles. The molecule has 3 nitrogen and oxygen atoms in total. The zero-order chi connectivity index (χ0) is 20.3. The van der Waals surface area contributed by atoms with E-state index in [9.17, 15) is 0 Å². The molecule has 30 heavy (non-hydrogen) atoms. The van der Waals surface area contributed by atoms with Crippen molar-refractivity contribution in [2.24, 2.45) is 0 Å². The Kier molecular flexibility index (Phi) is 5.56. The predicted molar refractivity (Wildman–Crippen MR) is 127 cm³/mol. The molecule has 1 saturated heterocycles. The molecule has 0 N–H and O–H groups in total. The highest BCUT2D eigenvalue weighted by molar-refractivity contribution is 6.08. The zero-order valence-electron chi connectivity index (χ0n) is 17.9. The van der Waals surface area contributed by atoms with E-state index in [0.717, 1.165) is 13.0 Å². The maximum absolute atomic E-state index is 2.62. The van der Waals surface area contributed by atoms with Crippen LogP contribution < -0.4 is 0 Å². The number of rotatable bonds is 6. The first kappa shape index (κ1) is 19.3. The largest absolute Gasteiger partial charge is 0.336 e. The summed E-state index contributed by atoms with van der Waals surface area (Å²) in [6.07, 6.45) is 2.39. The molecule has 0 aliphatic carbocycles. The van der Waals surface area contributed by atoms with Crippen LogP contribution in [0.15, 0.2) is 72.8 Å². The van der Waals surface area contributed by atoms with Crippen molar-refractivity contribution >= 4 is 21.8 Å². The lowest BCUT2D eigenvalue weighted by atomic mass is 10.1. The lowest BCUT2D eigenvalue weighted by molar-refractivity contribution is 0.153. The van der Waals surface area contributed by atoms with Crippen molar-refractivity contribution in [3.05, 3.63) is 83.9 Å². The van der Waals surface area contributed by atoms with Gasteiger partial charge in [0.15, 0.2) is 0 Å². The summed E-state index contributed by atoms with van der Waals surface area (Å²) in [4.78, 5) is 5.04. The SMILES string of the molecule is CN1CCN(CCCc2ccc3c(c2)c2ccccc2n3Cc2ccccc2)CC1. The number of nitrogens with zero attached hydrogens (tertiary/aromatic N) is 3. The average Bonchev–Trinajstić information content (AvgIpc) is 3.09. The lowest BCUT2D eigenvalue weighted by Crippen LogP contribution is -2.44. The van der Waals surface area contributed by atoms with Gasteiger partial charge in [0.25, 0.3) is 0 Å². The van der Waals surface area contributed by atoms with Crippen molar-refractivity contribution in [1.29, 1.82) is 0 Å². The van der Waals surface area contributed by atoms with Gasteiger partial charge in [-0.05, 0) is 55.8 Å². The summed E-state index contributed by atoms with van der Waals surface area (Å²) in [6, 6.07) is 26.7. The minimum Gasteiger partial charge on any atom is -0.336 e. The van der Waals surface area contributed by atoms with E-state index in [1.54, 1.807) is 0 Å². The third-order valence-electron chi connectivity index (χ3n) is 6.56. The minimum absolute atomic E-state index is 0.910. The van der Waals surface area contributed by atoms with Gasteiger partial charge in [0.05, 0.1) is 0 Å². The fourth-order valence-electron chi connectivity index (χ4n) is 4.77. The van der Waals surface area contributed by atoms with Crippen LogP contribution in [-0.4, -0.2) is 54.1 Å². The molecule has 1 aliphatic rings. The second-order valence-corrected chi connectivity index (χ2v) is 8.69.